The lowest BCUT2D eigenvalue weighted by Gasteiger charge is -2.22. The first-order valence-electron chi connectivity index (χ1n) is 10.6. The number of carbonyl (C=O) groups is 3. The topological polar surface area (TPSA) is 147 Å². The van der Waals surface area contributed by atoms with Crippen molar-refractivity contribution in [3.05, 3.63) is 66.1 Å². The molecule has 10 nitrogen and oxygen atoms in total. The summed E-state index contributed by atoms with van der Waals surface area (Å²) in [5.74, 6) is -1.64. The number of ketones is 1. The highest BCUT2D eigenvalue weighted by atomic mass is 32.2. The molecular formula is C23H25N3O7S. The lowest BCUT2D eigenvalue weighted by atomic mass is 10.1. The maximum absolute atomic E-state index is 12.9. The number of amides is 3. The zero-order valence-electron chi connectivity index (χ0n) is 18.5. The number of fused-ring (bicyclic) bond motifs is 1. The van der Waals surface area contributed by atoms with Crippen LogP contribution in [0, 0.1) is 0 Å². The second-order valence-corrected chi connectivity index (χ2v) is 9.84. The Balaban J connectivity index is 1.69. The van der Waals surface area contributed by atoms with Crippen LogP contribution < -0.4 is 5.32 Å². The van der Waals surface area contributed by atoms with E-state index >= 15 is 0 Å². The summed E-state index contributed by atoms with van der Waals surface area (Å²) in [6.07, 6.45) is -0.907. The number of carboxylic acid groups (broad SMARTS) is 1. The third-order valence-electron chi connectivity index (χ3n) is 5.03. The van der Waals surface area contributed by atoms with Gasteiger partial charge in [0.15, 0.2) is 15.4 Å². The molecule has 3 aromatic rings. The van der Waals surface area contributed by atoms with Gasteiger partial charge in [-0.3, -0.25) is 4.79 Å². The first-order valence-corrected chi connectivity index (χ1v) is 12.5. The van der Waals surface area contributed by atoms with E-state index < -0.39 is 46.1 Å². The van der Waals surface area contributed by atoms with Crippen LogP contribution in [0.2, 0.25) is 0 Å². The molecule has 3 amide bonds. The highest BCUT2D eigenvalue weighted by Crippen LogP contribution is 2.17. The first kappa shape index (κ1) is 24.9. The second-order valence-electron chi connectivity index (χ2n) is 7.65. The monoisotopic (exact) mass is 487 g/mol. The van der Waals surface area contributed by atoms with Crippen LogP contribution in [0.5, 0.6) is 0 Å². The minimum atomic E-state index is -3.69. The number of aromatic nitrogens is 1. The van der Waals surface area contributed by atoms with Gasteiger partial charge in [-0.1, -0.05) is 55.8 Å². The van der Waals surface area contributed by atoms with E-state index in [4.69, 9.17) is 4.42 Å². The number of carbonyl (C=O) groups excluding carboxylic acids is 2. The van der Waals surface area contributed by atoms with Crippen LogP contribution in [0.25, 0.3) is 11.1 Å². The molecule has 0 aliphatic rings. The van der Waals surface area contributed by atoms with Gasteiger partial charge in [-0.15, -0.1) is 0 Å². The first-order chi connectivity index (χ1) is 16.2. The summed E-state index contributed by atoms with van der Waals surface area (Å²) in [4.78, 5) is 41.8. The van der Waals surface area contributed by atoms with Crippen molar-refractivity contribution in [1.82, 2.24) is 15.2 Å². The number of urea groups is 1. The summed E-state index contributed by atoms with van der Waals surface area (Å²) in [5.41, 5.74) is 1.44. The summed E-state index contributed by atoms with van der Waals surface area (Å²) in [7, 11) is -3.69. The van der Waals surface area contributed by atoms with Gasteiger partial charge in [0.2, 0.25) is 5.78 Å². The molecule has 1 aromatic heterocycles. The van der Waals surface area contributed by atoms with Gasteiger partial charge in [0.05, 0.1) is 17.5 Å². The Bertz CT molecular complexity index is 1240. The molecule has 0 fully saturated rings. The van der Waals surface area contributed by atoms with E-state index in [0.29, 0.717) is 28.0 Å². The molecule has 34 heavy (non-hydrogen) atoms. The maximum Gasteiger partial charge on any atom is 0.415 e. The van der Waals surface area contributed by atoms with Crippen LogP contribution >= 0.6 is 0 Å². The molecule has 3 rings (SSSR count). The molecule has 11 heteroatoms. The predicted molar refractivity (Wildman–Crippen MR) is 124 cm³/mol. The third kappa shape index (κ3) is 6.41. The van der Waals surface area contributed by atoms with Crippen molar-refractivity contribution >= 4 is 38.8 Å². The number of oxazole rings is 1. The zero-order valence-corrected chi connectivity index (χ0v) is 19.3. The number of Topliss-reactive ketones (excluding diaryl/α,β-unsaturated/α-hetero) is 1. The number of nitrogens with one attached hydrogen (secondary N) is 1. The van der Waals surface area contributed by atoms with Crippen molar-refractivity contribution in [2.24, 2.45) is 0 Å². The minimum absolute atomic E-state index is 0.202. The van der Waals surface area contributed by atoms with Crippen LogP contribution in [0.15, 0.2) is 59.0 Å². The van der Waals surface area contributed by atoms with Crippen molar-refractivity contribution < 1.29 is 32.3 Å². The van der Waals surface area contributed by atoms with Gasteiger partial charge >= 0.3 is 12.1 Å². The van der Waals surface area contributed by atoms with Crippen molar-refractivity contribution in [3.63, 3.8) is 0 Å². The molecule has 0 unspecified atom stereocenters. The van der Waals surface area contributed by atoms with Gasteiger partial charge in [0, 0.05) is 6.54 Å². The van der Waals surface area contributed by atoms with E-state index in [1.165, 1.54) is 0 Å². The van der Waals surface area contributed by atoms with Crippen molar-refractivity contribution in [2.75, 3.05) is 12.3 Å². The van der Waals surface area contributed by atoms with Crippen LogP contribution in [0.4, 0.5) is 9.59 Å². The van der Waals surface area contributed by atoms with Crippen molar-refractivity contribution in [2.45, 2.75) is 31.6 Å². The number of hydrogen-bond acceptors (Lipinski definition) is 7. The van der Waals surface area contributed by atoms with Crippen LogP contribution in [-0.4, -0.2) is 59.7 Å². The Morgan fingerprint density at radius 2 is 1.76 bits per heavy atom. The Morgan fingerprint density at radius 3 is 2.41 bits per heavy atom. The number of benzene rings is 2. The Kier molecular flexibility index (Phi) is 8.00. The summed E-state index contributed by atoms with van der Waals surface area (Å²) in [5, 5.41) is 11.9. The van der Waals surface area contributed by atoms with E-state index in [-0.39, 0.29) is 18.1 Å². The largest absolute Gasteiger partial charge is 0.465 e. The van der Waals surface area contributed by atoms with Gasteiger partial charge in [-0.05, 0) is 24.1 Å². The standard InChI is InChI=1S/C23H25N3O7S/c1-2-8-18(20(27)21-24-17-11-6-7-12-19(17)33-21)25-22(28)26(23(29)30)13-14-34(31,32)15-16-9-4-3-5-10-16/h3-7,9-12,18H,2,8,13-15H2,1H3,(H,25,28)(H,29,30)/t18-/m0/s1. The second kappa shape index (κ2) is 10.9. The molecule has 0 radical (unpaired) electrons. The van der Waals surface area contributed by atoms with Crippen molar-refractivity contribution in [1.29, 1.82) is 0 Å². The summed E-state index contributed by atoms with van der Waals surface area (Å²) in [6.45, 7) is 1.22. The molecule has 0 saturated carbocycles. The summed E-state index contributed by atoms with van der Waals surface area (Å²) >= 11 is 0. The lowest BCUT2D eigenvalue weighted by molar-refractivity contribution is 0.0899. The smallest absolute Gasteiger partial charge is 0.415 e. The molecule has 0 spiro atoms. The maximum atomic E-state index is 12.9. The quantitative estimate of drug-likeness (QED) is 0.413. The molecule has 1 atom stereocenters. The molecule has 2 aromatic carbocycles. The molecule has 2 N–H and O–H groups in total. The van der Waals surface area contributed by atoms with Gasteiger partial charge in [0.25, 0.3) is 5.89 Å². The van der Waals surface area contributed by atoms with Crippen LogP contribution in [0.1, 0.15) is 36.0 Å². The lowest BCUT2D eigenvalue weighted by Crippen LogP contribution is -2.50. The average molecular weight is 488 g/mol. The Hall–Kier alpha value is -3.73. The van der Waals surface area contributed by atoms with Gasteiger partial charge in [-0.25, -0.2) is 27.9 Å². The number of sulfone groups is 1. The third-order valence-corrected chi connectivity index (χ3v) is 6.61. The number of imide groups is 1. The fraction of sp³-hybridized carbons (Fsp3) is 0.304. The Morgan fingerprint density at radius 1 is 1.09 bits per heavy atom. The van der Waals surface area contributed by atoms with Gasteiger partial charge < -0.3 is 14.8 Å². The normalized spacial score (nSPS) is 12.3. The molecule has 0 aliphatic heterocycles. The fourth-order valence-corrected chi connectivity index (χ4v) is 4.63. The van der Waals surface area contributed by atoms with Crippen molar-refractivity contribution in [3.8, 4) is 0 Å². The summed E-state index contributed by atoms with van der Waals surface area (Å²) < 4.78 is 30.3. The van der Waals surface area contributed by atoms with Gasteiger partial charge in [0.1, 0.15) is 5.52 Å². The van der Waals surface area contributed by atoms with E-state index in [1.807, 2.05) is 0 Å². The fourth-order valence-electron chi connectivity index (χ4n) is 3.33. The number of hydrogen-bond donors (Lipinski definition) is 2. The Labute approximate surface area is 196 Å². The van der Waals surface area contributed by atoms with E-state index in [0.717, 1.165) is 0 Å². The van der Waals surface area contributed by atoms with Crippen LogP contribution in [-0.2, 0) is 15.6 Å². The van der Waals surface area contributed by atoms with Crippen LogP contribution in [0.3, 0.4) is 0 Å². The number of para-hydroxylation sites is 2. The molecule has 0 saturated heterocycles. The molecular weight excluding hydrogens is 462 g/mol. The highest BCUT2D eigenvalue weighted by Gasteiger charge is 2.30. The average Bonchev–Trinajstić information content (AvgIpc) is 3.23. The molecule has 1 heterocycles. The molecule has 180 valence electrons. The predicted octanol–water partition coefficient (Wildman–Crippen LogP) is 3.48. The van der Waals surface area contributed by atoms with Gasteiger partial charge in [-0.2, -0.15) is 0 Å². The molecule has 0 bridgehead atoms. The SMILES string of the molecule is CCC[C@H](NC(=O)N(CCS(=O)(=O)Cc1ccccc1)C(=O)O)C(=O)c1nc2ccccc2o1. The highest BCUT2D eigenvalue weighted by molar-refractivity contribution is 7.90. The zero-order chi connectivity index (χ0) is 24.7. The number of nitrogens with zero attached hydrogens (tertiary/aromatic N) is 2. The summed E-state index contributed by atoms with van der Waals surface area (Å²) in [6, 6.07) is 13.0. The molecule has 0 aliphatic carbocycles. The number of rotatable bonds is 10. The van der Waals surface area contributed by atoms with E-state index in [9.17, 15) is 27.9 Å². The van der Waals surface area contributed by atoms with E-state index in [2.05, 4.69) is 10.3 Å². The van der Waals surface area contributed by atoms with E-state index in [1.54, 1.807) is 61.5 Å². The minimum Gasteiger partial charge on any atom is -0.465 e.